The lowest BCUT2D eigenvalue weighted by molar-refractivity contribution is -0.148. The van der Waals surface area contributed by atoms with Gasteiger partial charge in [-0.15, -0.1) is 0 Å². The van der Waals surface area contributed by atoms with Crippen molar-refractivity contribution in [1.29, 1.82) is 0 Å². The van der Waals surface area contributed by atoms with Crippen LogP contribution < -0.4 is 10.6 Å². The zero-order valence-corrected chi connectivity index (χ0v) is 18.7. The third-order valence-electron chi connectivity index (χ3n) is 5.58. The van der Waals surface area contributed by atoms with Crippen LogP contribution in [-0.4, -0.2) is 30.8 Å². The molecule has 0 unspecified atom stereocenters. The van der Waals surface area contributed by atoms with E-state index in [1.54, 1.807) is 0 Å². The summed E-state index contributed by atoms with van der Waals surface area (Å²) < 4.78 is 11.2. The smallest absolute Gasteiger partial charge is 0.305 e. The van der Waals surface area contributed by atoms with Crippen molar-refractivity contribution in [3.05, 3.63) is 36.4 Å². The molecule has 0 amide bonds. The standard InChI is InChI=1S/C25H34N2O4/c1-3-5-7-15-22(28)30-17-25(18-31-23(29)16-8-6-4-2)26-20-13-9-11-19-12-10-14-21(27-25)24(19)20/h9-14,26-27H,3-8,15-18H2,1-2H3. The van der Waals surface area contributed by atoms with E-state index in [1.807, 2.05) is 24.3 Å². The normalized spacial score (nSPS) is 13.9. The van der Waals surface area contributed by atoms with Crippen molar-refractivity contribution in [3.63, 3.8) is 0 Å². The summed E-state index contributed by atoms with van der Waals surface area (Å²) in [5.41, 5.74) is 0.940. The maximum absolute atomic E-state index is 12.3. The Bertz CT molecular complexity index is 827. The first-order valence-electron chi connectivity index (χ1n) is 11.5. The summed E-state index contributed by atoms with van der Waals surface area (Å²) in [6.45, 7) is 4.32. The van der Waals surface area contributed by atoms with Crippen LogP contribution in [0.4, 0.5) is 11.4 Å². The minimum atomic E-state index is -0.913. The fourth-order valence-electron chi connectivity index (χ4n) is 3.87. The quantitative estimate of drug-likeness (QED) is 0.339. The maximum atomic E-state index is 12.3. The van der Waals surface area contributed by atoms with Crippen LogP contribution in [0, 0.1) is 0 Å². The molecule has 1 aliphatic heterocycles. The monoisotopic (exact) mass is 426 g/mol. The van der Waals surface area contributed by atoms with Crippen molar-refractivity contribution < 1.29 is 19.1 Å². The van der Waals surface area contributed by atoms with Crippen molar-refractivity contribution in [2.45, 2.75) is 70.9 Å². The van der Waals surface area contributed by atoms with E-state index in [9.17, 15) is 9.59 Å². The number of ether oxygens (including phenoxy) is 2. The van der Waals surface area contributed by atoms with E-state index in [1.165, 1.54) is 0 Å². The number of carbonyl (C=O) groups is 2. The number of carbonyl (C=O) groups excluding carboxylic acids is 2. The first kappa shape index (κ1) is 22.9. The van der Waals surface area contributed by atoms with Crippen molar-refractivity contribution in [2.75, 3.05) is 23.8 Å². The third kappa shape index (κ3) is 6.12. The molecule has 0 radical (unpaired) electrons. The highest BCUT2D eigenvalue weighted by Crippen LogP contribution is 2.38. The van der Waals surface area contributed by atoms with E-state index in [2.05, 4.69) is 36.6 Å². The molecule has 3 rings (SSSR count). The van der Waals surface area contributed by atoms with E-state index in [4.69, 9.17) is 9.47 Å². The summed E-state index contributed by atoms with van der Waals surface area (Å²) in [5, 5.41) is 9.09. The predicted octanol–water partition coefficient (Wildman–Crippen LogP) is 5.62. The van der Waals surface area contributed by atoms with Gasteiger partial charge in [0.1, 0.15) is 13.2 Å². The summed E-state index contributed by atoms with van der Waals surface area (Å²) in [7, 11) is 0. The van der Waals surface area contributed by atoms with Gasteiger partial charge in [-0.2, -0.15) is 0 Å². The van der Waals surface area contributed by atoms with Gasteiger partial charge in [-0.05, 0) is 30.4 Å². The average molecular weight is 427 g/mol. The van der Waals surface area contributed by atoms with Crippen LogP contribution >= 0.6 is 0 Å². The van der Waals surface area contributed by atoms with E-state index >= 15 is 0 Å². The highest BCUT2D eigenvalue weighted by Gasteiger charge is 2.37. The predicted molar refractivity (Wildman–Crippen MR) is 124 cm³/mol. The molecule has 6 heteroatoms. The molecular weight excluding hydrogens is 392 g/mol. The Morgan fingerprint density at radius 2 is 1.26 bits per heavy atom. The van der Waals surface area contributed by atoms with Crippen LogP contribution in [0.25, 0.3) is 10.8 Å². The maximum Gasteiger partial charge on any atom is 0.305 e. The topological polar surface area (TPSA) is 76.7 Å². The zero-order valence-electron chi connectivity index (χ0n) is 18.7. The molecule has 0 atom stereocenters. The first-order valence-corrected chi connectivity index (χ1v) is 11.5. The summed E-state index contributed by atoms with van der Waals surface area (Å²) in [6, 6.07) is 12.1. The van der Waals surface area contributed by atoms with Gasteiger partial charge in [0.05, 0.1) is 0 Å². The van der Waals surface area contributed by atoms with Gasteiger partial charge in [0, 0.05) is 29.6 Å². The molecule has 0 saturated carbocycles. The number of unbranched alkanes of at least 4 members (excludes halogenated alkanes) is 4. The summed E-state index contributed by atoms with van der Waals surface area (Å²) in [5.74, 6) is -0.467. The molecule has 2 aromatic rings. The van der Waals surface area contributed by atoms with Crippen molar-refractivity contribution in [3.8, 4) is 0 Å². The van der Waals surface area contributed by atoms with Gasteiger partial charge < -0.3 is 20.1 Å². The van der Waals surface area contributed by atoms with Gasteiger partial charge >= 0.3 is 11.9 Å². The lowest BCUT2D eigenvalue weighted by atomic mass is 10.00. The molecule has 168 valence electrons. The molecule has 0 saturated heterocycles. The Kier molecular flexibility index (Phi) is 8.15. The van der Waals surface area contributed by atoms with Gasteiger partial charge in [0.25, 0.3) is 0 Å². The Morgan fingerprint density at radius 1 is 0.774 bits per heavy atom. The lowest BCUT2D eigenvalue weighted by Gasteiger charge is -2.40. The summed E-state index contributed by atoms with van der Waals surface area (Å²) in [4.78, 5) is 24.5. The van der Waals surface area contributed by atoms with Crippen LogP contribution in [0.15, 0.2) is 36.4 Å². The van der Waals surface area contributed by atoms with Crippen molar-refractivity contribution in [1.82, 2.24) is 0 Å². The molecule has 2 N–H and O–H groups in total. The molecule has 0 aromatic heterocycles. The molecule has 6 nitrogen and oxygen atoms in total. The van der Waals surface area contributed by atoms with Crippen LogP contribution in [0.5, 0.6) is 0 Å². The number of esters is 2. The van der Waals surface area contributed by atoms with Gasteiger partial charge in [-0.3, -0.25) is 9.59 Å². The van der Waals surface area contributed by atoms with Crippen molar-refractivity contribution in [2.24, 2.45) is 0 Å². The fraction of sp³-hybridized carbons (Fsp3) is 0.520. The Morgan fingerprint density at radius 3 is 1.71 bits per heavy atom. The second-order valence-corrected chi connectivity index (χ2v) is 8.28. The fourth-order valence-corrected chi connectivity index (χ4v) is 3.87. The molecule has 0 fully saturated rings. The zero-order chi connectivity index (χ0) is 22.1. The largest absolute Gasteiger partial charge is 0.461 e. The van der Waals surface area contributed by atoms with Gasteiger partial charge in [-0.1, -0.05) is 63.8 Å². The highest BCUT2D eigenvalue weighted by molar-refractivity contribution is 6.05. The number of anilines is 2. The van der Waals surface area contributed by atoms with Crippen LogP contribution in [-0.2, 0) is 19.1 Å². The second-order valence-electron chi connectivity index (χ2n) is 8.28. The first-order chi connectivity index (χ1) is 15.1. The highest BCUT2D eigenvalue weighted by atomic mass is 16.6. The van der Waals surface area contributed by atoms with E-state index < -0.39 is 5.66 Å². The molecule has 31 heavy (non-hydrogen) atoms. The van der Waals surface area contributed by atoms with Crippen molar-refractivity contribution >= 4 is 34.1 Å². The second kappa shape index (κ2) is 11.0. The Hall–Kier alpha value is -2.76. The van der Waals surface area contributed by atoms with E-state index in [-0.39, 0.29) is 25.2 Å². The molecule has 0 aliphatic carbocycles. The van der Waals surface area contributed by atoms with E-state index in [0.29, 0.717) is 12.8 Å². The number of hydrogen-bond donors (Lipinski definition) is 2. The van der Waals surface area contributed by atoms with Gasteiger partial charge in [-0.25, -0.2) is 0 Å². The number of hydrogen-bond acceptors (Lipinski definition) is 6. The summed E-state index contributed by atoms with van der Waals surface area (Å²) in [6.07, 6.45) is 6.53. The van der Waals surface area contributed by atoms with E-state index in [0.717, 1.165) is 60.7 Å². The van der Waals surface area contributed by atoms with Crippen LogP contribution in [0.3, 0.4) is 0 Å². The number of rotatable bonds is 12. The minimum Gasteiger partial charge on any atom is -0.461 e. The van der Waals surface area contributed by atoms with Gasteiger partial charge in [0.2, 0.25) is 0 Å². The minimum absolute atomic E-state index is 0.0604. The lowest BCUT2D eigenvalue weighted by Crippen LogP contribution is -2.56. The Labute approximate surface area is 184 Å². The SMILES string of the molecule is CCCCCC(=O)OCC1(COC(=O)CCCCC)Nc2cccc3cccc(c23)N1. The average Bonchev–Trinajstić information content (AvgIpc) is 2.77. The molecule has 1 heterocycles. The summed E-state index contributed by atoms with van der Waals surface area (Å²) >= 11 is 0. The third-order valence-corrected chi connectivity index (χ3v) is 5.58. The Balaban J connectivity index is 1.73. The number of nitrogens with one attached hydrogen (secondary N) is 2. The molecular formula is C25H34N2O4. The van der Waals surface area contributed by atoms with Crippen LogP contribution in [0.1, 0.15) is 65.2 Å². The molecule has 0 spiro atoms. The molecule has 1 aliphatic rings. The van der Waals surface area contributed by atoms with Gasteiger partial charge in [0.15, 0.2) is 5.66 Å². The van der Waals surface area contributed by atoms with Crippen LogP contribution in [0.2, 0.25) is 0 Å². The number of benzene rings is 2. The molecule has 2 aromatic carbocycles. The molecule has 0 bridgehead atoms.